The van der Waals surface area contributed by atoms with Gasteiger partial charge >= 0.3 is 5.69 Å². The van der Waals surface area contributed by atoms with Gasteiger partial charge in [-0.1, -0.05) is 39.3 Å². The van der Waals surface area contributed by atoms with E-state index in [4.69, 9.17) is 4.98 Å². The Labute approximate surface area is 181 Å². The Kier molecular flexibility index (Phi) is 7.43. The SMILES string of the molecule is CCCCn1c(=O)[nH]c(=O)c2c1nc(CN(C)Cc1ccc(F)cc1)n2CCC(C)C. The van der Waals surface area contributed by atoms with Gasteiger partial charge in [0.1, 0.15) is 11.6 Å². The van der Waals surface area contributed by atoms with Gasteiger partial charge in [0.15, 0.2) is 11.2 Å². The van der Waals surface area contributed by atoms with Crippen molar-refractivity contribution in [3.05, 3.63) is 62.3 Å². The molecule has 0 saturated heterocycles. The summed E-state index contributed by atoms with van der Waals surface area (Å²) in [6.45, 7) is 8.64. The maximum absolute atomic E-state index is 13.2. The minimum Gasteiger partial charge on any atom is -0.321 e. The number of nitrogens with one attached hydrogen (secondary N) is 1. The summed E-state index contributed by atoms with van der Waals surface area (Å²) in [6, 6.07) is 6.43. The molecule has 0 atom stereocenters. The number of aromatic nitrogens is 4. The Morgan fingerprint density at radius 1 is 1.10 bits per heavy atom. The molecule has 0 aliphatic rings. The number of unbranched alkanes of at least 4 members (excludes halogenated alkanes) is 1. The molecule has 0 fully saturated rings. The minimum absolute atomic E-state index is 0.258. The number of rotatable bonds is 10. The zero-order chi connectivity index (χ0) is 22.5. The Bertz CT molecular complexity index is 1130. The summed E-state index contributed by atoms with van der Waals surface area (Å²) < 4.78 is 16.7. The second-order valence-corrected chi connectivity index (χ2v) is 8.60. The minimum atomic E-state index is -0.411. The number of nitrogens with zero attached hydrogens (tertiary/aromatic N) is 4. The van der Waals surface area contributed by atoms with Crippen LogP contribution in [0.15, 0.2) is 33.9 Å². The number of aromatic amines is 1. The molecule has 1 aromatic carbocycles. The standard InChI is InChI=1S/C23H32FN5O2/c1-5-6-12-29-21-20(22(30)26-23(29)31)28(13-11-16(2)3)19(25-21)15-27(4)14-17-7-9-18(24)10-8-17/h7-10,16H,5-6,11-15H2,1-4H3,(H,26,30,31). The van der Waals surface area contributed by atoms with Crippen LogP contribution in [0.4, 0.5) is 4.39 Å². The molecule has 31 heavy (non-hydrogen) atoms. The van der Waals surface area contributed by atoms with E-state index in [0.717, 1.165) is 30.7 Å². The fourth-order valence-electron chi connectivity index (χ4n) is 3.69. The maximum atomic E-state index is 13.2. The van der Waals surface area contributed by atoms with E-state index in [1.54, 1.807) is 16.7 Å². The van der Waals surface area contributed by atoms with Gasteiger partial charge < -0.3 is 4.57 Å². The highest BCUT2D eigenvalue weighted by atomic mass is 19.1. The lowest BCUT2D eigenvalue weighted by atomic mass is 10.1. The molecule has 3 rings (SSSR count). The number of benzene rings is 1. The first-order valence-electron chi connectivity index (χ1n) is 10.9. The van der Waals surface area contributed by atoms with Gasteiger partial charge in [0, 0.05) is 19.6 Å². The molecule has 2 aromatic heterocycles. The summed E-state index contributed by atoms with van der Waals surface area (Å²) in [5.41, 5.74) is 1.10. The van der Waals surface area contributed by atoms with Crippen LogP contribution in [-0.4, -0.2) is 31.0 Å². The van der Waals surface area contributed by atoms with Crippen LogP contribution in [-0.2, 0) is 26.2 Å². The predicted molar refractivity (Wildman–Crippen MR) is 121 cm³/mol. The number of hydrogen-bond donors (Lipinski definition) is 1. The van der Waals surface area contributed by atoms with Crippen LogP contribution in [0.25, 0.3) is 11.2 Å². The highest BCUT2D eigenvalue weighted by Crippen LogP contribution is 2.17. The third-order valence-electron chi connectivity index (χ3n) is 5.41. The average molecular weight is 430 g/mol. The summed E-state index contributed by atoms with van der Waals surface area (Å²) in [6.07, 6.45) is 2.67. The third kappa shape index (κ3) is 5.50. The fourth-order valence-corrected chi connectivity index (χ4v) is 3.69. The van der Waals surface area contributed by atoms with Crippen molar-refractivity contribution in [2.75, 3.05) is 7.05 Å². The van der Waals surface area contributed by atoms with Crippen LogP contribution in [0.1, 0.15) is 51.4 Å². The molecule has 0 spiro atoms. The Morgan fingerprint density at radius 2 is 1.81 bits per heavy atom. The predicted octanol–water partition coefficient (Wildman–Crippen LogP) is 3.50. The molecule has 0 saturated carbocycles. The molecule has 8 heteroatoms. The quantitative estimate of drug-likeness (QED) is 0.535. The zero-order valence-corrected chi connectivity index (χ0v) is 18.8. The Hall–Kier alpha value is -2.74. The molecule has 0 radical (unpaired) electrons. The third-order valence-corrected chi connectivity index (χ3v) is 5.41. The number of aryl methyl sites for hydroxylation is 2. The normalized spacial score (nSPS) is 11.8. The fraction of sp³-hybridized carbons (Fsp3) is 0.522. The molecule has 168 valence electrons. The molecule has 0 unspecified atom stereocenters. The summed E-state index contributed by atoms with van der Waals surface area (Å²) in [5.74, 6) is 0.958. The largest absolute Gasteiger partial charge is 0.330 e. The van der Waals surface area contributed by atoms with Crippen molar-refractivity contribution in [1.82, 2.24) is 24.0 Å². The van der Waals surface area contributed by atoms with E-state index in [0.29, 0.717) is 43.3 Å². The number of hydrogen-bond acceptors (Lipinski definition) is 4. The van der Waals surface area contributed by atoms with E-state index in [2.05, 4.69) is 30.7 Å². The van der Waals surface area contributed by atoms with Crippen LogP contribution < -0.4 is 11.2 Å². The van der Waals surface area contributed by atoms with Gasteiger partial charge in [0.2, 0.25) is 0 Å². The van der Waals surface area contributed by atoms with Crippen molar-refractivity contribution < 1.29 is 4.39 Å². The number of H-pyrrole nitrogens is 1. The average Bonchev–Trinajstić information content (AvgIpc) is 3.06. The summed E-state index contributed by atoms with van der Waals surface area (Å²) in [5, 5.41) is 0. The van der Waals surface area contributed by atoms with Crippen molar-refractivity contribution in [1.29, 1.82) is 0 Å². The van der Waals surface area contributed by atoms with Gasteiger partial charge in [-0.2, -0.15) is 0 Å². The van der Waals surface area contributed by atoms with Crippen molar-refractivity contribution in [3.8, 4) is 0 Å². The first kappa shape index (κ1) is 22.9. The van der Waals surface area contributed by atoms with Crippen LogP contribution in [0.2, 0.25) is 0 Å². The second kappa shape index (κ2) is 10.0. The molecule has 2 heterocycles. The highest BCUT2D eigenvalue weighted by molar-refractivity contribution is 5.71. The van der Waals surface area contributed by atoms with Gasteiger partial charge in [-0.25, -0.2) is 14.2 Å². The molecule has 3 aromatic rings. The lowest BCUT2D eigenvalue weighted by molar-refractivity contribution is 0.304. The van der Waals surface area contributed by atoms with Gasteiger partial charge in [-0.05, 0) is 43.5 Å². The molecular formula is C23H32FN5O2. The van der Waals surface area contributed by atoms with Gasteiger partial charge in [-0.15, -0.1) is 0 Å². The van der Waals surface area contributed by atoms with Crippen molar-refractivity contribution in [2.24, 2.45) is 5.92 Å². The van der Waals surface area contributed by atoms with Crippen molar-refractivity contribution in [2.45, 2.75) is 66.2 Å². The van der Waals surface area contributed by atoms with E-state index < -0.39 is 11.2 Å². The Morgan fingerprint density at radius 3 is 2.45 bits per heavy atom. The molecule has 0 amide bonds. The van der Waals surface area contributed by atoms with E-state index in [-0.39, 0.29) is 5.82 Å². The van der Waals surface area contributed by atoms with Crippen molar-refractivity contribution in [3.63, 3.8) is 0 Å². The summed E-state index contributed by atoms with van der Waals surface area (Å²) >= 11 is 0. The van der Waals surface area contributed by atoms with Crippen LogP contribution in [0.3, 0.4) is 0 Å². The van der Waals surface area contributed by atoms with E-state index >= 15 is 0 Å². The first-order valence-corrected chi connectivity index (χ1v) is 10.9. The van der Waals surface area contributed by atoms with Crippen LogP contribution >= 0.6 is 0 Å². The van der Waals surface area contributed by atoms with Crippen LogP contribution in [0, 0.1) is 11.7 Å². The molecule has 0 bridgehead atoms. The number of imidazole rings is 1. The molecule has 0 aliphatic carbocycles. The second-order valence-electron chi connectivity index (χ2n) is 8.60. The molecule has 7 nitrogen and oxygen atoms in total. The van der Waals surface area contributed by atoms with E-state index in [1.165, 1.54) is 12.1 Å². The number of halogens is 1. The van der Waals surface area contributed by atoms with Crippen molar-refractivity contribution >= 4 is 11.2 Å². The first-order chi connectivity index (χ1) is 14.8. The van der Waals surface area contributed by atoms with Gasteiger partial charge in [0.25, 0.3) is 5.56 Å². The summed E-state index contributed by atoms with van der Waals surface area (Å²) in [4.78, 5) is 34.5. The monoisotopic (exact) mass is 429 g/mol. The van der Waals surface area contributed by atoms with E-state index in [1.807, 2.05) is 11.6 Å². The topological polar surface area (TPSA) is 75.9 Å². The highest BCUT2D eigenvalue weighted by Gasteiger charge is 2.19. The zero-order valence-electron chi connectivity index (χ0n) is 18.8. The Balaban J connectivity index is 2.00. The van der Waals surface area contributed by atoms with E-state index in [9.17, 15) is 14.0 Å². The van der Waals surface area contributed by atoms with Crippen LogP contribution in [0.5, 0.6) is 0 Å². The van der Waals surface area contributed by atoms with Gasteiger partial charge in [0.05, 0.1) is 6.54 Å². The summed E-state index contributed by atoms with van der Waals surface area (Å²) in [7, 11) is 1.96. The molecule has 1 N–H and O–H groups in total. The molecule has 0 aliphatic heterocycles. The number of fused-ring (bicyclic) bond motifs is 1. The lowest BCUT2D eigenvalue weighted by Gasteiger charge is -2.18. The maximum Gasteiger partial charge on any atom is 0.330 e. The smallest absolute Gasteiger partial charge is 0.321 e. The lowest BCUT2D eigenvalue weighted by Crippen LogP contribution is -2.31. The van der Waals surface area contributed by atoms with Gasteiger partial charge in [-0.3, -0.25) is 19.2 Å². The molecular weight excluding hydrogens is 397 g/mol.